The molecular weight excluding hydrogens is 252 g/mol. The smallest absolute Gasteiger partial charge is 0.252 e. The van der Waals surface area contributed by atoms with Gasteiger partial charge in [0.1, 0.15) is 5.65 Å². The molecule has 2 aliphatic rings. The Morgan fingerprint density at radius 2 is 2.30 bits per heavy atom. The third-order valence-corrected chi connectivity index (χ3v) is 4.92. The largest absolute Gasteiger partial charge is 0.381 e. The van der Waals surface area contributed by atoms with E-state index >= 15 is 0 Å². The van der Waals surface area contributed by atoms with E-state index < -0.39 is 5.91 Å². The molecule has 4 N–H and O–H groups in total. The third kappa shape index (κ3) is 1.69. The number of primary amides is 1. The SMILES string of the molecule is NC(=O)c1cnc2[nH]ccc2c1N[C@H]1C[C@@H]2CC[C@H]1C2. The van der Waals surface area contributed by atoms with E-state index in [9.17, 15) is 4.79 Å². The summed E-state index contributed by atoms with van der Waals surface area (Å²) in [7, 11) is 0. The van der Waals surface area contributed by atoms with Gasteiger partial charge in [0.2, 0.25) is 0 Å². The topological polar surface area (TPSA) is 83.8 Å². The first kappa shape index (κ1) is 11.8. The zero-order chi connectivity index (χ0) is 13.7. The summed E-state index contributed by atoms with van der Waals surface area (Å²) in [4.78, 5) is 19.0. The molecular formula is C15H18N4O. The van der Waals surface area contributed by atoms with Gasteiger partial charge in [-0.05, 0) is 37.2 Å². The van der Waals surface area contributed by atoms with E-state index in [0.717, 1.165) is 28.6 Å². The molecule has 2 heterocycles. The second-order valence-electron chi connectivity index (χ2n) is 6.08. The van der Waals surface area contributed by atoms with Crippen molar-refractivity contribution in [1.29, 1.82) is 0 Å². The molecule has 0 spiro atoms. The van der Waals surface area contributed by atoms with Crippen molar-refractivity contribution < 1.29 is 4.79 Å². The predicted octanol–water partition coefficient (Wildman–Crippen LogP) is 2.26. The average molecular weight is 270 g/mol. The van der Waals surface area contributed by atoms with Crippen LogP contribution >= 0.6 is 0 Å². The number of nitrogens with two attached hydrogens (primary N) is 1. The Morgan fingerprint density at radius 3 is 3.00 bits per heavy atom. The van der Waals surface area contributed by atoms with Crippen molar-refractivity contribution in [3.63, 3.8) is 0 Å². The van der Waals surface area contributed by atoms with E-state index in [1.165, 1.54) is 25.7 Å². The Labute approximate surface area is 117 Å². The first-order valence-electron chi connectivity index (χ1n) is 7.25. The summed E-state index contributed by atoms with van der Waals surface area (Å²) in [6, 6.07) is 2.41. The van der Waals surface area contributed by atoms with Crippen LogP contribution in [0, 0.1) is 11.8 Å². The molecule has 2 bridgehead atoms. The molecule has 2 aromatic heterocycles. The highest BCUT2D eigenvalue weighted by molar-refractivity contribution is 6.05. The zero-order valence-electron chi connectivity index (χ0n) is 11.2. The molecule has 2 fully saturated rings. The molecule has 5 heteroatoms. The number of anilines is 1. The number of pyridine rings is 1. The van der Waals surface area contributed by atoms with Gasteiger partial charge in [0.15, 0.2) is 0 Å². The molecule has 3 atom stereocenters. The Morgan fingerprint density at radius 1 is 1.40 bits per heavy atom. The lowest BCUT2D eigenvalue weighted by Crippen LogP contribution is -2.27. The Bertz CT molecular complexity index is 678. The minimum Gasteiger partial charge on any atom is -0.381 e. The first-order valence-corrected chi connectivity index (χ1v) is 7.25. The van der Waals surface area contributed by atoms with Gasteiger partial charge in [-0.25, -0.2) is 4.98 Å². The van der Waals surface area contributed by atoms with E-state index in [1.807, 2.05) is 12.3 Å². The molecule has 104 valence electrons. The summed E-state index contributed by atoms with van der Waals surface area (Å²) >= 11 is 0. The number of hydrogen-bond donors (Lipinski definition) is 3. The van der Waals surface area contributed by atoms with Crippen LogP contribution in [0.15, 0.2) is 18.5 Å². The van der Waals surface area contributed by atoms with Gasteiger partial charge in [-0.2, -0.15) is 0 Å². The van der Waals surface area contributed by atoms with E-state index in [4.69, 9.17) is 5.73 Å². The highest BCUT2D eigenvalue weighted by atomic mass is 16.1. The minimum absolute atomic E-state index is 0.425. The van der Waals surface area contributed by atoms with E-state index in [1.54, 1.807) is 6.20 Å². The molecule has 20 heavy (non-hydrogen) atoms. The molecule has 2 saturated carbocycles. The van der Waals surface area contributed by atoms with Gasteiger partial charge in [-0.1, -0.05) is 6.42 Å². The summed E-state index contributed by atoms with van der Waals surface area (Å²) in [6.07, 6.45) is 8.60. The first-order chi connectivity index (χ1) is 9.72. The van der Waals surface area contributed by atoms with Gasteiger partial charge in [0, 0.05) is 23.8 Å². The average Bonchev–Trinajstić information content (AvgIpc) is 3.14. The minimum atomic E-state index is -0.425. The number of carbonyl (C=O) groups is 1. The molecule has 0 aromatic carbocycles. The van der Waals surface area contributed by atoms with Crippen molar-refractivity contribution in [2.45, 2.75) is 31.7 Å². The van der Waals surface area contributed by atoms with Crippen LogP contribution in [0.2, 0.25) is 0 Å². The van der Waals surface area contributed by atoms with E-state index in [0.29, 0.717) is 11.6 Å². The highest BCUT2D eigenvalue weighted by Crippen LogP contribution is 2.46. The second-order valence-corrected chi connectivity index (χ2v) is 6.08. The van der Waals surface area contributed by atoms with Crippen LogP contribution in [0.3, 0.4) is 0 Å². The summed E-state index contributed by atoms with van der Waals surface area (Å²) in [5.41, 5.74) is 7.62. The van der Waals surface area contributed by atoms with Crippen molar-refractivity contribution in [1.82, 2.24) is 9.97 Å². The molecule has 0 radical (unpaired) electrons. The molecule has 0 unspecified atom stereocenters. The highest BCUT2D eigenvalue weighted by Gasteiger charge is 2.39. The van der Waals surface area contributed by atoms with Crippen molar-refractivity contribution in [2.24, 2.45) is 17.6 Å². The fourth-order valence-corrected chi connectivity index (χ4v) is 3.96. The van der Waals surface area contributed by atoms with Crippen LogP contribution in [-0.4, -0.2) is 21.9 Å². The Kier molecular flexibility index (Phi) is 2.49. The van der Waals surface area contributed by atoms with Crippen molar-refractivity contribution >= 4 is 22.6 Å². The number of H-pyrrole nitrogens is 1. The summed E-state index contributed by atoms with van der Waals surface area (Å²) in [5.74, 6) is 1.17. The maximum absolute atomic E-state index is 11.7. The predicted molar refractivity (Wildman–Crippen MR) is 77.5 cm³/mol. The number of hydrogen-bond acceptors (Lipinski definition) is 3. The van der Waals surface area contributed by atoms with Crippen LogP contribution < -0.4 is 11.1 Å². The lowest BCUT2D eigenvalue weighted by molar-refractivity contribution is 0.100. The zero-order valence-corrected chi connectivity index (χ0v) is 11.2. The number of aromatic nitrogens is 2. The molecule has 2 aliphatic carbocycles. The summed E-state index contributed by atoms with van der Waals surface area (Å²) < 4.78 is 0. The number of nitrogens with one attached hydrogen (secondary N) is 2. The molecule has 5 nitrogen and oxygen atoms in total. The fraction of sp³-hybridized carbons (Fsp3) is 0.467. The number of nitrogens with zero attached hydrogens (tertiary/aromatic N) is 1. The third-order valence-electron chi connectivity index (χ3n) is 4.92. The number of rotatable bonds is 3. The van der Waals surface area contributed by atoms with Crippen LogP contribution in [-0.2, 0) is 0 Å². The maximum atomic E-state index is 11.7. The van der Waals surface area contributed by atoms with Gasteiger partial charge >= 0.3 is 0 Å². The Balaban J connectivity index is 1.75. The standard InChI is InChI=1S/C15H18N4O/c16-14(20)11-7-18-15-10(3-4-17-15)13(11)19-12-6-8-1-2-9(12)5-8/h3-4,7-9,12H,1-2,5-6H2,(H2,16,20)(H2,17,18,19)/t8-,9+,12+/m1/s1. The second kappa shape index (κ2) is 4.23. The number of fused-ring (bicyclic) bond motifs is 3. The lowest BCUT2D eigenvalue weighted by Gasteiger charge is -2.25. The van der Waals surface area contributed by atoms with Crippen LogP contribution in [0.5, 0.6) is 0 Å². The summed E-state index contributed by atoms with van der Waals surface area (Å²) in [6.45, 7) is 0. The van der Waals surface area contributed by atoms with Gasteiger partial charge in [-0.15, -0.1) is 0 Å². The molecule has 0 saturated heterocycles. The number of amides is 1. The van der Waals surface area contributed by atoms with Crippen LogP contribution in [0.1, 0.15) is 36.0 Å². The van der Waals surface area contributed by atoms with Gasteiger partial charge in [0.05, 0.1) is 11.3 Å². The van der Waals surface area contributed by atoms with Gasteiger partial charge < -0.3 is 16.0 Å². The summed E-state index contributed by atoms with van der Waals surface area (Å²) in [5, 5.41) is 4.54. The maximum Gasteiger partial charge on any atom is 0.252 e. The van der Waals surface area contributed by atoms with Crippen LogP contribution in [0.4, 0.5) is 5.69 Å². The number of carbonyl (C=O) groups excluding carboxylic acids is 1. The fourth-order valence-electron chi connectivity index (χ4n) is 3.96. The lowest BCUT2D eigenvalue weighted by atomic mass is 9.94. The van der Waals surface area contributed by atoms with Crippen LogP contribution in [0.25, 0.3) is 11.0 Å². The van der Waals surface area contributed by atoms with Gasteiger partial charge in [0.25, 0.3) is 5.91 Å². The van der Waals surface area contributed by atoms with Crippen molar-refractivity contribution in [2.75, 3.05) is 5.32 Å². The van der Waals surface area contributed by atoms with E-state index in [-0.39, 0.29) is 0 Å². The van der Waals surface area contributed by atoms with Gasteiger partial charge in [-0.3, -0.25) is 4.79 Å². The van der Waals surface area contributed by atoms with E-state index in [2.05, 4.69) is 15.3 Å². The Hall–Kier alpha value is -2.04. The number of aromatic amines is 1. The molecule has 2 aromatic rings. The van der Waals surface area contributed by atoms with Crippen molar-refractivity contribution in [3.8, 4) is 0 Å². The quantitative estimate of drug-likeness (QED) is 0.800. The normalized spacial score (nSPS) is 28.1. The molecule has 1 amide bonds. The molecule has 0 aliphatic heterocycles. The van der Waals surface area contributed by atoms with Crippen molar-refractivity contribution in [3.05, 3.63) is 24.0 Å². The molecule has 4 rings (SSSR count). The monoisotopic (exact) mass is 270 g/mol.